The van der Waals surface area contributed by atoms with Crippen molar-refractivity contribution in [3.8, 4) is 11.5 Å². The SMILES string of the molecule is Cc1cc(O)ccc1OCCc1ccc(C(N)=NO)cc1. The van der Waals surface area contributed by atoms with Crippen molar-refractivity contribution in [2.45, 2.75) is 13.3 Å². The van der Waals surface area contributed by atoms with Crippen LogP contribution in [0.4, 0.5) is 0 Å². The second-order valence-electron chi connectivity index (χ2n) is 4.73. The lowest BCUT2D eigenvalue weighted by Crippen LogP contribution is -2.13. The van der Waals surface area contributed by atoms with Gasteiger partial charge in [-0.15, -0.1) is 0 Å². The maximum atomic E-state index is 9.34. The molecule has 0 aromatic heterocycles. The summed E-state index contributed by atoms with van der Waals surface area (Å²) >= 11 is 0. The number of oxime groups is 1. The fourth-order valence-electron chi connectivity index (χ4n) is 1.97. The van der Waals surface area contributed by atoms with Crippen molar-refractivity contribution < 1.29 is 15.1 Å². The van der Waals surface area contributed by atoms with E-state index >= 15 is 0 Å². The number of phenolic OH excluding ortho intramolecular Hbond substituents is 1. The highest BCUT2D eigenvalue weighted by Gasteiger charge is 2.02. The van der Waals surface area contributed by atoms with Gasteiger partial charge in [0.2, 0.25) is 0 Å². The lowest BCUT2D eigenvalue weighted by molar-refractivity contribution is 0.318. The van der Waals surface area contributed by atoms with Crippen LogP contribution >= 0.6 is 0 Å². The molecular weight excluding hydrogens is 268 g/mol. The van der Waals surface area contributed by atoms with E-state index in [1.165, 1.54) is 0 Å². The average molecular weight is 286 g/mol. The van der Waals surface area contributed by atoms with E-state index in [0.29, 0.717) is 12.2 Å². The van der Waals surface area contributed by atoms with Crippen LogP contribution in [0.5, 0.6) is 11.5 Å². The molecule has 2 aromatic carbocycles. The van der Waals surface area contributed by atoms with Crippen LogP contribution in [-0.2, 0) is 6.42 Å². The van der Waals surface area contributed by atoms with Gasteiger partial charge in [0.1, 0.15) is 11.5 Å². The Labute approximate surface area is 123 Å². The van der Waals surface area contributed by atoms with Gasteiger partial charge in [-0.1, -0.05) is 29.4 Å². The monoisotopic (exact) mass is 286 g/mol. The topological polar surface area (TPSA) is 88.1 Å². The Balaban J connectivity index is 1.91. The molecule has 21 heavy (non-hydrogen) atoms. The summed E-state index contributed by atoms with van der Waals surface area (Å²) in [5.41, 5.74) is 8.18. The summed E-state index contributed by atoms with van der Waals surface area (Å²) in [5.74, 6) is 1.09. The van der Waals surface area contributed by atoms with Crippen LogP contribution in [0.2, 0.25) is 0 Å². The van der Waals surface area contributed by atoms with Gasteiger partial charge in [-0.05, 0) is 36.2 Å². The van der Waals surface area contributed by atoms with Crippen molar-refractivity contribution in [2.24, 2.45) is 10.9 Å². The highest BCUT2D eigenvalue weighted by molar-refractivity contribution is 5.96. The molecule has 110 valence electrons. The summed E-state index contributed by atoms with van der Waals surface area (Å²) < 4.78 is 5.70. The Morgan fingerprint density at radius 2 is 1.90 bits per heavy atom. The highest BCUT2D eigenvalue weighted by atomic mass is 16.5. The molecular formula is C16H18N2O3. The van der Waals surface area contributed by atoms with Crippen LogP contribution in [0.15, 0.2) is 47.6 Å². The Morgan fingerprint density at radius 1 is 1.19 bits per heavy atom. The van der Waals surface area contributed by atoms with Crippen LogP contribution in [0.3, 0.4) is 0 Å². The van der Waals surface area contributed by atoms with E-state index in [4.69, 9.17) is 15.7 Å². The molecule has 0 aliphatic carbocycles. The molecule has 0 saturated carbocycles. The van der Waals surface area contributed by atoms with Crippen molar-refractivity contribution in [1.82, 2.24) is 0 Å². The smallest absolute Gasteiger partial charge is 0.170 e. The lowest BCUT2D eigenvalue weighted by atomic mass is 10.1. The Kier molecular flexibility index (Phi) is 4.66. The average Bonchev–Trinajstić information content (AvgIpc) is 2.49. The van der Waals surface area contributed by atoms with Crippen LogP contribution in [0, 0.1) is 6.92 Å². The summed E-state index contributed by atoms with van der Waals surface area (Å²) in [5, 5.41) is 20.9. The number of nitrogens with two attached hydrogens (primary N) is 1. The first-order chi connectivity index (χ1) is 10.1. The number of ether oxygens (including phenoxy) is 1. The molecule has 0 unspecified atom stereocenters. The molecule has 5 heteroatoms. The first-order valence-electron chi connectivity index (χ1n) is 6.59. The molecule has 0 atom stereocenters. The van der Waals surface area contributed by atoms with E-state index in [9.17, 15) is 5.11 Å². The van der Waals surface area contributed by atoms with Gasteiger partial charge in [-0.2, -0.15) is 0 Å². The van der Waals surface area contributed by atoms with Crippen molar-refractivity contribution in [1.29, 1.82) is 0 Å². The summed E-state index contributed by atoms with van der Waals surface area (Å²) in [7, 11) is 0. The number of hydrogen-bond acceptors (Lipinski definition) is 4. The number of nitrogens with zero attached hydrogens (tertiary/aromatic N) is 1. The Bertz CT molecular complexity index is 636. The molecule has 0 bridgehead atoms. The molecule has 0 aliphatic rings. The minimum atomic E-state index is 0.0949. The number of aromatic hydroxyl groups is 1. The molecule has 0 saturated heterocycles. The van der Waals surface area contributed by atoms with Gasteiger partial charge in [-0.25, -0.2) is 0 Å². The minimum absolute atomic E-state index is 0.0949. The molecule has 2 aromatic rings. The molecule has 0 fully saturated rings. The molecule has 0 spiro atoms. The zero-order valence-electron chi connectivity index (χ0n) is 11.8. The third-order valence-corrected chi connectivity index (χ3v) is 3.16. The second-order valence-corrected chi connectivity index (χ2v) is 4.73. The van der Waals surface area contributed by atoms with E-state index in [-0.39, 0.29) is 11.6 Å². The van der Waals surface area contributed by atoms with Crippen LogP contribution in [-0.4, -0.2) is 22.8 Å². The van der Waals surface area contributed by atoms with E-state index in [1.807, 2.05) is 19.1 Å². The molecule has 4 N–H and O–H groups in total. The fourth-order valence-corrected chi connectivity index (χ4v) is 1.97. The van der Waals surface area contributed by atoms with Gasteiger partial charge in [-0.3, -0.25) is 0 Å². The molecule has 0 radical (unpaired) electrons. The molecule has 0 aliphatic heterocycles. The molecule has 2 rings (SSSR count). The zero-order chi connectivity index (χ0) is 15.2. The summed E-state index contributed by atoms with van der Waals surface area (Å²) in [6.07, 6.45) is 0.747. The van der Waals surface area contributed by atoms with Crippen molar-refractivity contribution in [3.63, 3.8) is 0 Å². The van der Waals surface area contributed by atoms with Gasteiger partial charge in [0.05, 0.1) is 6.61 Å². The number of aryl methyl sites for hydroxylation is 1. The zero-order valence-corrected chi connectivity index (χ0v) is 11.8. The number of rotatable bonds is 5. The van der Waals surface area contributed by atoms with Crippen LogP contribution in [0.1, 0.15) is 16.7 Å². The number of benzene rings is 2. The largest absolute Gasteiger partial charge is 0.508 e. The van der Waals surface area contributed by atoms with Crippen molar-refractivity contribution in [2.75, 3.05) is 6.61 Å². The summed E-state index contributed by atoms with van der Waals surface area (Å²) in [6, 6.07) is 12.5. The maximum Gasteiger partial charge on any atom is 0.170 e. The Hall–Kier alpha value is -2.69. The molecule has 0 heterocycles. The van der Waals surface area contributed by atoms with Crippen LogP contribution in [0.25, 0.3) is 0 Å². The second kappa shape index (κ2) is 6.65. The number of amidine groups is 1. The predicted octanol–water partition coefficient (Wildman–Crippen LogP) is 2.42. The summed E-state index contributed by atoms with van der Waals surface area (Å²) in [4.78, 5) is 0. The number of hydrogen-bond donors (Lipinski definition) is 3. The van der Waals surface area contributed by atoms with Crippen molar-refractivity contribution >= 4 is 5.84 Å². The summed E-state index contributed by atoms with van der Waals surface area (Å²) in [6.45, 7) is 2.43. The van der Waals surface area contributed by atoms with Crippen LogP contribution < -0.4 is 10.5 Å². The number of phenols is 1. The minimum Gasteiger partial charge on any atom is -0.508 e. The van der Waals surface area contributed by atoms with Gasteiger partial charge < -0.3 is 20.8 Å². The maximum absolute atomic E-state index is 9.34. The van der Waals surface area contributed by atoms with Crippen molar-refractivity contribution in [3.05, 3.63) is 59.2 Å². The third-order valence-electron chi connectivity index (χ3n) is 3.16. The van der Waals surface area contributed by atoms with Gasteiger partial charge in [0.15, 0.2) is 5.84 Å². The van der Waals surface area contributed by atoms with Gasteiger partial charge in [0.25, 0.3) is 0 Å². The fraction of sp³-hybridized carbons (Fsp3) is 0.188. The Morgan fingerprint density at radius 3 is 2.52 bits per heavy atom. The van der Waals surface area contributed by atoms with E-state index in [0.717, 1.165) is 23.3 Å². The highest BCUT2D eigenvalue weighted by Crippen LogP contribution is 2.22. The molecule has 5 nitrogen and oxygen atoms in total. The van der Waals surface area contributed by atoms with Gasteiger partial charge in [0, 0.05) is 12.0 Å². The van der Waals surface area contributed by atoms with E-state index in [2.05, 4.69) is 5.16 Å². The normalized spacial score (nSPS) is 11.4. The predicted molar refractivity (Wildman–Crippen MR) is 81.0 cm³/mol. The standard InChI is InChI=1S/C16H18N2O3/c1-11-10-14(19)6-7-15(11)21-9-8-12-2-4-13(5-3-12)16(17)18-20/h2-7,10,19-20H,8-9H2,1H3,(H2,17,18). The van der Waals surface area contributed by atoms with Gasteiger partial charge >= 0.3 is 0 Å². The first kappa shape index (κ1) is 14.7. The first-order valence-corrected chi connectivity index (χ1v) is 6.59. The third kappa shape index (κ3) is 3.89. The quantitative estimate of drug-likeness (QED) is 0.341. The molecule has 0 amide bonds. The van der Waals surface area contributed by atoms with E-state index < -0.39 is 0 Å². The van der Waals surface area contributed by atoms with E-state index in [1.54, 1.807) is 30.3 Å². The lowest BCUT2D eigenvalue weighted by Gasteiger charge is -2.09.